The van der Waals surface area contributed by atoms with Crippen LogP contribution in [-0.2, 0) is 22.9 Å². The van der Waals surface area contributed by atoms with Gasteiger partial charge in [0.25, 0.3) is 5.91 Å². The molecule has 0 radical (unpaired) electrons. The second-order valence-electron chi connectivity index (χ2n) is 20.1. The number of hydrogen-bond donors (Lipinski definition) is 2. The van der Waals surface area contributed by atoms with E-state index in [1.165, 1.54) is 21.5 Å². The molecule has 5 aromatic heterocycles. The summed E-state index contributed by atoms with van der Waals surface area (Å²) in [6.07, 6.45) is 7.48. The van der Waals surface area contributed by atoms with Crippen LogP contribution in [0.15, 0.2) is 81.2 Å². The number of aryl methyl sites for hydroxylation is 3. The Balaban J connectivity index is 1.04. The molecule has 2 N–H and O–H groups in total. The van der Waals surface area contributed by atoms with Crippen LogP contribution in [0.5, 0.6) is 0 Å². The summed E-state index contributed by atoms with van der Waals surface area (Å²) in [6.45, 7) is 13.1. The molecule has 18 heteroatoms. The standard InChI is InChI=1S/C50H51F2N11O5/c1-26-18-33(19-27(2)40(26)51)63-43(60-16-15-59(47(60)66)37-11-10-36-34(41(37)52)24-54-58(36)7)39-29(4)61(25-49(13-14-53-49)42(39)56-63)44(64)38-21-32-20-30(31-12-17-67-48(5,6)23-31)8-9-35(32)62(38)50(22-28(50)3)45-55-46(65)68-57-45/h8-11,15-16,18-21,24,28-29,31,53H,12-14,17,22-23,25H2,1-7H3,(H,55,57,65)/t28-,29-,31-,49?,50-/m0/s1. The summed E-state index contributed by atoms with van der Waals surface area (Å²) in [5.74, 6) is -0.971. The van der Waals surface area contributed by atoms with Crippen LogP contribution in [0.4, 0.5) is 8.78 Å². The van der Waals surface area contributed by atoms with Gasteiger partial charge in [-0.05, 0) is 138 Å². The van der Waals surface area contributed by atoms with Crippen molar-refractivity contribution < 1.29 is 22.8 Å². The Kier molecular flexibility index (Phi) is 9.08. The average molecular weight is 924 g/mol. The van der Waals surface area contributed by atoms with E-state index in [9.17, 15) is 9.59 Å². The summed E-state index contributed by atoms with van der Waals surface area (Å²) >= 11 is 0. The zero-order chi connectivity index (χ0) is 47.3. The Hall–Kier alpha value is -6.92. The molecule has 3 aromatic carbocycles. The molecule has 8 aromatic rings. The first-order valence-electron chi connectivity index (χ1n) is 23.2. The first-order valence-corrected chi connectivity index (χ1v) is 23.2. The minimum absolute atomic E-state index is 0.0153. The Morgan fingerprint density at radius 2 is 1.68 bits per heavy atom. The van der Waals surface area contributed by atoms with Crippen LogP contribution in [0.1, 0.15) is 110 Å². The van der Waals surface area contributed by atoms with Crippen LogP contribution >= 0.6 is 0 Å². The summed E-state index contributed by atoms with van der Waals surface area (Å²) in [6, 6.07) is 14.3. The van der Waals surface area contributed by atoms with E-state index >= 15 is 13.6 Å². The second kappa shape index (κ2) is 14.5. The fourth-order valence-electron chi connectivity index (χ4n) is 11.7. The van der Waals surface area contributed by atoms with Gasteiger partial charge in [-0.2, -0.15) is 10.2 Å². The lowest BCUT2D eigenvalue weighted by molar-refractivity contribution is -0.0592. The number of aromatic nitrogens is 9. The topological polar surface area (TPSA) is 168 Å². The van der Waals surface area contributed by atoms with Crippen molar-refractivity contribution in [2.24, 2.45) is 13.0 Å². The summed E-state index contributed by atoms with van der Waals surface area (Å²) in [4.78, 5) is 48.0. The maximum atomic E-state index is 16.3. The quantitative estimate of drug-likeness (QED) is 0.170. The zero-order valence-corrected chi connectivity index (χ0v) is 38.9. The van der Waals surface area contributed by atoms with Crippen molar-refractivity contribution in [3.63, 3.8) is 0 Å². The van der Waals surface area contributed by atoms with Gasteiger partial charge in [0.05, 0.1) is 51.4 Å². The number of nitrogens with one attached hydrogen (secondary N) is 2. The first-order chi connectivity index (χ1) is 32.5. The summed E-state index contributed by atoms with van der Waals surface area (Å²) < 4.78 is 50.7. The van der Waals surface area contributed by atoms with Crippen LogP contribution in [-0.4, -0.2) is 79.5 Å². The lowest BCUT2D eigenvalue weighted by atomic mass is 9.77. The van der Waals surface area contributed by atoms with Crippen LogP contribution in [0.3, 0.4) is 0 Å². The van der Waals surface area contributed by atoms with Gasteiger partial charge in [0.15, 0.2) is 11.6 Å². The molecular weight excluding hydrogens is 873 g/mol. The maximum Gasteiger partial charge on any atom is 0.438 e. The monoisotopic (exact) mass is 923 g/mol. The molecular formula is C50H51F2N11O5. The van der Waals surface area contributed by atoms with Crippen LogP contribution in [0.25, 0.3) is 39.0 Å². The molecule has 1 spiro atoms. The molecule has 5 atom stereocenters. The van der Waals surface area contributed by atoms with Crippen molar-refractivity contribution in [2.45, 2.75) is 95.9 Å². The molecule has 68 heavy (non-hydrogen) atoms. The number of rotatable bonds is 7. The van der Waals surface area contributed by atoms with Crippen molar-refractivity contribution in [3.05, 3.63) is 139 Å². The van der Waals surface area contributed by atoms with Crippen molar-refractivity contribution in [3.8, 4) is 17.2 Å². The van der Waals surface area contributed by atoms with E-state index in [2.05, 4.69) is 59.5 Å². The maximum absolute atomic E-state index is 16.3. The number of carbonyl (C=O) groups excluding carboxylic acids is 1. The lowest BCUT2D eigenvalue weighted by Gasteiger charge is -2.50. The number of aromatic amines is 1. The number of benzene rings is 3. The van der Waals surface area contributed by atoms with Gasteiger partial charge in [-0.25, -0.2) is 23.1 Å². The largest absolute Gasteiger partial charge is 0.438 e. The molecule has 4 aliphatic rings. The smallest absolute Gasteiger partial charge is 0.376 e. The van der Waals surface area contributed by atoms with Gasteiger partial charge in [-0.15, -0.1) is 0 Å². The molecule has 350 valence electrons. The van der Waals surface area contributed by atoms with Crippen LogP contribution in [0, 0.1) is 31.4 Å². The highest BCUT2D eigenvalue weighted by Crippen LogP contribution is 2.56. The van der Waals surface area contributed by atoms with Crippen molar-refractivity contribution >= 4 is 27.7 Å². The first kappa shape index (κ1) is 42.4. The molecule has 3 fully saturated rings. The average Bonchev–Trinajstić information content (AvgIpc) is 3.93. The van der Waals surface area contributed by atoms with Gasteiger partial charge in [-0.1, -0.05) is 18.1 Å². The van der Waals surface area contributed by atoms with Gasteiger partial charge in [-0.3, -0.25) is 28.1 Å². The van der Waals surface area contributed by atoms with Crippen molar-refractivity contribution in [2.75, 3.05) is 19.7 Å². The Morgan fingerprint density at radius 1 is 0.941 bits per heavy atom. The Bertz CT molecular complexity index is 3520. The van der Waals surface area contributed by atoms with Gasteiger partial charge in [0, 0.05) is 49.1 Å². The fraction of sp³-hybridized carbons (Fsp3) is 0.400. The van der Waals surface area contributed by atoms with E-state index in [0.29, 0.717) is 76.9 Å². The molecule has 0 bridgehead atoms. The third kappa shape index (κ3) is 6.01. The van der Waals surface area contributed by atoms with Gasteiger partial charge >= 0.3 is 11.4 Å². The van der Waals surface area contributed by atoms with E-state index in [-0.39, 0.29) is 46.8 Å². The molecule has 16 nitrogen and oxygen atoms in total. The van der Waals surface area contributed by atoms with E-state index in [1.807, 2.05) is 22.5 Å². The number of H-pyrrole nitrogens is 1. The lowest BCUT2D eigenvalue weighted by Crippen LogP contribution is -2.64. The SMILES string of the molecule is Cc1cc(-n2nc3c(c2-n2ccn(-c4ccc5c(cnn5C)c4F)c2=O)[C@H](C)N(C(=O)c2cc4cc([C@H]5CCOC(C)(C)C5)ccc4n2[C@@]2(c4noc(=O)[nH]4)C[C@@H]2C)CC32CCN2)cc(C)c1F. The van der Waals surface area contributed by atoms with E-state index < -0.39 is 34.4 Å². The molecule has 12 rings (SSSR count). The van der Waals surface area contributed by atoms with Gasteiger partial charge in [0.1, 0.15) is 22.9 Å². The number of hydrogen-bond acceptors (Lipinski definition) is 9. The van der Waals surface area contributed by atoms with Crippen LogP contribution < -0.4 is 16.8 Å². The molecule has 1 aliphatic carbocycles. The molecule has 1 amide bonds. The normalized spacial score (nSPS) is 24.2. The van der Waals surface area contributed by atoms with Gasteiger partial charge < -0.3 is 19.5 Å². The molecule has 1 saturated carbocycles. The number of carbonyl (C=O) groups is 1. The molecule has 2 saturated heterocycles. The summed E-state index contributed by atoms with van der Waals surface area (Å²) in [5.41, 5.74) is 3.04. The van der Waals surface area contributed by atoms with Gasteiger partial charge in [0.2, 0.25) is 0 Å². The molecule has 8 heterocycles. The minimum Gasteiger partial charge on any atom is -0.376 e. The third-order valence-corrected chi connectivity index (χ3v) is 15.5. The second-order valence-corrected chi connectivity index (χ2v) is 20.1. The molecule has 1 unspecified atom stereocenters. The third-order valence-electron chi connectivity index (χ3n) is 15.5. The summed E-state index contributed by atoms with van der Waals surface area (Å²) in [5, 5.41) is 18.5. The number of amides is 1. The number of halogens is 2. The molecule has 3 aliphatic heterocycles. The predicted octanol–water partition coefficient (Wildman–Crippen LogP) is 7.09. The highest BCUT2D eigenvalue weighted by molar-refractivity contribution is 6.00. The highest BCUT2D eigenvalue weighted by atomic mass is 19.1. The van der Waals surface area contributed by atoms with E-state index in [1.54, 1.807) is 60.7 Å². The van der Waals surface area contributed by atoms with E-state index in [0.717, 1.165) is 29.3 Å². The number of fused-ring (bicyclic) bond motifs is 4. The number of nitrogens with zero attached hydrogens (tertiary/aromatic N) is 9. The van der Waals surface area contributed by atoms with E-state index in [4.69, 9.17) is 14.4 Å². The van der Waals surface area contributed by atoms with Crippen molar-refractivity contribution in [1.82, 2.24) is 53.6 Å². The summed E-state index contributed by atoms with van der Waals surface area (Å²) in [7, 11) is 1.72. The highest BCUT2D eigenvalue weighted by Gasteiger charge is 2.60. The number of ether oxygens (including phenoxy) is 1. The zero-order valence-electron chi connectivity index (χ0n) is 38.9. The Labute approximate surface area is 388 Å². The Morgan fingerprint density at radius 3 is 2.35 bits per heavy atom. The van der Waals surface area contributed by atoms with Crippen molar-refractivity contribution in [1.29, 1.82) is 0 Å². The van der Waals surface area contributed by atoms with Crippen LogP contribution in [0.2, 0.25) is 0 Å². The fourth-order valence-corrected chi connectivity index (χ4v) is 11.7. The number of imidazole rings is 1. The predicted molar refractivity (Wildman–Crippen MR) is 248 cm³/mol. The minimum atomic E-state index is -0.879.